The normalized spacial score (nSPS) is 16.5. The molecule has 1 fully saturated rings. The summed E-state index contributed by atoms with van der Waals surface area (Å²) in [4.78, 5) is 8.83. The summed E-state index contributed by atoms with van der Waals surface area (Å²) in [6.45, 7) is 5.51. The number of rotatable bonds is 3. The summed E-state index contributed by atoms with van der Waals surface area (Å²) in [6.07, 6.45) is 1.63. The zero-order chi connectivity index (χ0) is 12.3. The van der Waals surface area contributed by atoms with Crippen LogP contribution in [-0.2, 0) is 0 Å². The van der Waals surface area contributed by atoms with Crippen molar-refractivity contribution in [2.75, 3.05) is 44.2 Å². The van der Waals surface area contributed by atoms with Gasteiger partial charge in [-0.05, 0) is 6.07 Å². The van der Waals surface area contributed by atoms with Crippen molar-refractivity contribution >= 4 is 41.4 Å². The highest BCUT2D eigenvalue weighted by molar-refractivity contribution is 6.36. The van der Waals surface area contributed by atoms with Gasteiger partial charge >= 0.3 is 0 Å². The molecule has 2 rings (SSSR count). The Morgan fingerprint density at radius 2 is 1.89 bits per heavy atom. The summed E-state index contributed by atoms with van der Waals surface area (Å²) in [5, 5.41) is 1.19. The van der Waals surface area contributed by atoms with E-state index >= 15 is 0 Å². The maximum atomic E-state index is 6.14. The molecule has 0 atom stereocenters. The Morgan fingerprint density at radius 1 is 1.22 bits per heavy atom. The van der Waals surface area contributed by atoms with Crippen LogP contribution in [0.2, 0.25) is 10.0 Å². The average molecular weight is 312 g/mol. The molecule has 0 unspecified atom stereocenters. The highest BCUT2D eigenvalue weighted by atomic mass is 35.5. The molecule has 0 aliphatic carbocycles. The largest absolute Gasteiger partial charge is 0.353 e. The van der Waals surface area contributed by atoms with E-state index in [0.29, 0.717) is 16.6 Å². The van der Waals surface area contributed by atoms with Gasteiger partial charge in [0.15, 0.2) is 0 Å². The number of anilines is 1. The Hall–Kier alpha value is -0.260. The second kappa shape index (κ2) is 7.36. The van der Waals surface area contributed by atoms with E-state index < -0.39 is 0 Å². The lowest BCUT2D eigenvalue weighted by atomic mass is 10.3. The zero-order valence-corrected chi connectivity index (χ0v) is 12.3. The first kappa shape index (κ1) is 15.8. The van der Waals surface area contributed by atoms with Gasteiger partial charge in [0, 0.05) is 45.5 Å². The van der Waals surface area contributed by atoms with E-state index in [2.05, 4.69) is 14.8 Å². The van der Waals surface area contributed by atoms with Crippen LogP contribution >= 0.6 is 35.6 Å². The van der Waals surface area contributed by atoms with Crippen LogP contribution in [0.3, 0.4) is 0 Å². The monoisotopic (exact) mass is 310 g/mol. The van der Waals surface area contributed by atoms with Gasteiger partial charge in [-0.1, -0.05) is 23.2 Å². The molecule has 0 aromatic carbocycles. The smallest absolute Gasteiger partial charge is 0.147 e. The molecular formula is C11H17Cl3N4. The fourth-order valence-corrected chi connectivity index (χ4v) is 2.51. The summed E-state index contributed by atoms with van der Waals surface area (Å²) in [6, 6.07) is 1.73. The zero-order valence-electron chi connectivity index (χ0n) is 9.98. The second-order valence-corrected chi connectivity index (χ2v) is 4.92. The van der Waals surface area contributed by atoms with Crippen molar-refractivity contribution in [3.05, 3.63) is 22.3 Å². The Morgan fingerprint density at radius 3 is 2.44 bits per heavy atom. The predicted molar refractivity (Wildman–Crippen MR) is 79.2 cm³/mol. The maximum absolute atomic E-state index is 6.14. The molecule has 1 saturated heterocycles. The minimum atomic E-state index is 0. The Kier molecular flexibility index (Phi) is 6.46. The number of nitrogens with two attached hydrogens (primary N) is 1. The van der Waals surface area contributed by atoms with Crippen LogP contribution in [0.4, 0.5) is 5.82 Å². The first-order valence-electron chi connectivity index (χ1n) is 5.69. The van der Waals surface area contributed by atoms with Crippen molar-refractivity contribution in [3.8, 4) is 0 Å². The molecule has 1 aliphatic rings. The predicted octanol–water partition coefficient (Wildman–Crippen LogP) is 1.89. The number of hydrogen-bond acceptors (Lipinski definition) is 4. The van der Waals surface area contributed by atoms with Crippen molar-refractivity contribution < 1.29 is 0 Å². The Balaban J connectivity index is 0.00000162. The van der Waals surface area contributed by atoms with Crippen molar-refractivity contribution in [3.63, 3.8) is 0 Å². The lowest BCUT2D eigenvalue weighted by Gasteiger charge is -2.35. The summed E-state index contributed by atoms with van der Waals surface area (Å²) >= 11 is 12.0. The van der Waals surface area contributed by atoms with Gasteiger partial charge < -0.3 is 10.6 Å². The summed E-state index contributed by atoms with van der Waals surface area (Å²) < 4.78 is 0. The third-order valence-electron chi connectivity index (χ3n) is 2.91. The SMILES string of the molecule is Cl.NCCN1CCN(c2ncc(Cl)cc2Cl)CC1. The molecule has 102 valence electrons. The fraction of sp³-hybridized carbons (Fsp3) is 0.545. The number of nitrogens with zero attached hydrogens (tertiary/aromatic N) is 3. The van der Waals surface area contributed by atoms with Crippen molar-refractivity contribution in [1.29, 1.82) is 0 Å². The van der Waals surface area contributed by atoms with Crippen molar-refractivity contribution in [2.45, 2.75) is 0 Å². The third-order valence-corrected chi connectivity index (χ3v) is 3.39. The summed E-state index contributed by atoms with van der Waals surface area (Å²) in [5.41, 5.74) is 5.54. The topological polar surface area (TPSA) is 45.4 Å². The molecule has 7 heteroatoms. The molecule has 4 nitrogen and oxygen atoms in total. The first-order valence-corrected chi connectivity index (χ1v) is 6.44. The molecule has 1 aromatic rings. The molecule has 2 heterocycles. The number of piperazine rings is 1. The van der Waals surface area contributed by atoms with E-state index in [9.17, 15) is 0 Å². The molecule has 1 aliphatic heterocycles. The van der Waals surface area contributed by atoms with Gasteiger partial charge in [-0.2, -0.15) is 0 Å². The minimum absolute atomic E-state index is 0. The van der Waals surface area contributed by atoms with Gasteiger partial charge in [-0.15, -0.1) is 12.4 Å². The molecule has 0 saturated carbocycles. The van der Waals surface area contributed by atoms with Crippen LogP contribution in [0.25, 0.3) is 0 Å². The number of pyridine rings is 1. The first-order chi connectivity index (χ1) is 8.20. The third kappa shape index (κ3) is 3.87. The molecular weight excluding hydrogens is 295 g/mol. The van der Waals surface area contributed by atoms with Crippen LogP contribution in [0.5, 0.6) is 0 Å². The molecule has 0 bridgehead atoms. The fourth-order valence-electron chi connectivity index (χ4n) is 2.01. The Bertz CT molecular complexity index is 381. The summed E-state index contributed by atoms with van der Waals surface area (Å²) in [5.74, 6) is 0.823. The molecule has 0 spiro atoms. The van der Waals surface area contributed by atoms with Crippen LogP contribution in [0, 0.1) is 0 Å². The maximum Gasteiger partial charge on any atom is 0.147 e. The number of hydrogen-bond donors (Lipinski definition) is 1. The van der Waals surface area contributed by atoms with Crippen LogP contribution in [-0.4, -0.2) is 49.2 Å². The van der Waals surface area contributed by atoms with Crippen LogP contribution in [0.15, 0.2) is 12.3 Å². The van der Waals surface area contributed by atoms with E-state index in [-0.39, 0.29) is 12.4 Å². The number of halogens is 3. The van der Waals surface area contributed by atoms with E-state index in [4.69, 9.17) is 28.9 Å². The van der Waals surface area contributed by atoms with E-state index in [0.717, 1.165) is 38.5 Å². The van der Waals surface area contributed by atoms with Gasteiger partial charge in [0.25, 0.3) is 0 Å². The van der Waals surface area contributed by atoms with Gasteiger partial charge in [0.2, 0.25) is 0 Å². The molecule has 0 amide bonds. The minimum Gasteiger partial charge on any atom is -0.353 e. The summed E-state index contributed by atoms with van der Waals surface area (Å²) in [7, 11) is 0. The van der Waals surface area contributed by atoms with Gasteiger partial charge in [0.05, 0.1) is 10.0 Å². The van der Waals surface area contributed by atoms with Gasteiger partial charge in [-0.3, -0.25) is 4.90 Å². The molecule has 1 aromatic heterocycles. The molecule has 0 radical (unpaired) electrons. The van der Waals surface area contributed by atoms with Crippen LogP contribution < -0.4 is 10.6 Å². The quantitative estimate of drug-likeness (QED) is 0.926. The van der Waals surface area contributed by atoms with Crippen molar-refractivity contribution in [1.82, 2.24) is 9.88 Å². The standard InChI is InChI=1S/C11H16Cl2N4.ClH/c12-9-7-10(13)11(15-8-9)17-5-3-16(2-1-14)4-6-17;/h7-8H,1-6,14H2;1H. The van der Waals surface area contributed by atoms with Gasteiger partial charge in [-0.25, -0.2) is 4.98 Å². The molecule has 18 heavy (non-hydrogen) atoms. The van der Waals surface area contributed by atoms with Crippen molar-refractivity contribution in [2.24, 2.45) is 5.73 Å². The second-order valence-electron chi connectivity index (χ2n) is 4.08. The Labute approximate surface area is 123 Å². The van der Waals surface area contributed by atoms with E-state index in [1.165, 1.54) is 0 Å². The van der Waals surface area contributed by atoms with E-state index in [1.54, 1.807) is 12.3 Å². The van der Waals surface area contributed by atoms with Gasteiger partial charge in [0.1, 0.15) is 5.82 Å². The average Bonchev–Trinajstić information content (AvgIpc) is 2.31. The highest BCUT2D eigenvalue weighted by Crippen LogP contribution is 2.26. The lowest BCUT2D eigenvalue weighted by molar-refractivity contribution is 0.264. The number of aromatic nitrogens is 1. The van der Waals surface area contributed by atoms with Crippen LogP contribution in [0.1, 0.15) is 0 Å². The lowest BCUT2D eigenvalue weighted by Crippen LogP contribution is -2.48. The molecule has 2 N–H and O–H groups in total. The van der Waals surface area contributed by atoms with E-state index in [1.807, 2.05) is 0 Å². The highest BCUT2D eigenvalue weighted by Gasteiger charge is 2.19.